The molecule has 0 saturated carbocycles. The molecule has 1 aliphatic rings. The van der Waals surface area contributed by atoms with Crippen LogP contribution in [0.3, 0.4) is 0 Å². The number of carbonyl (C=O) groups is 2. The van der Waals surface area contributed by atoms with E-state index in [0.29, 0.717) is 12.2 Å². The number of rotatable bonds is 6. The molecule has 1 aliphatic heterocycles. The van der Waals surface area contributed by atoms with Gasteiger partial charge in [0.25, 0.3) is 5.91 Å². The number of sulfone groups is 1. The maximum absolute atomic E-state index is 12.1. The van der Waals surface area contributed by atoms with Crippen LogP contribution in [0.15, 0.2) is 42.5 Å². The molecule has 0 aromatic heterocycles. The van der Waals surface area contributed by atoms with Crippen LogP contribution in [0, 0.1) is 0 Å². The van der Waals surface area contributed by atoms with E-state index in [1.165, 1.54) is 11.9 Å². The highest BCUT2D eigenvalue weighted by Gasteiger charge is 2.32. The molecule has 3 rings (SSSR count). The van der Waals surface area contributed by atoms with Crippen molar-refractivity contribution in [3.05, 3.63) is 42.5 Å². The third kappa shape index (κ3) is 4.77. The van der Waals surface area contributed by atoms with E-state index in [0.717, 1.165) is 10.8 Å². The van der Waals surface area contributed by atoms with Gasteiger partial charge in [0, 0.05) is 18.5 Å². The van der Waals surface area contributed by atoms with Gasteiger partial charge in [0.2, 0.25) is 0 Å². The first-order valence-corrected chi connectivity index (χ1v) is 10.4. The second kappa shape index (κ2) is 7.96. The molecule has 1 unspecified atom stereocenters. The summed E-state index contributed by atoms with van der Waals surface area (Å²) in [6.45, 7) is -0.756. The molecule has 0 spiro atoms. The zero-order valence-corrected chi connectivity index (χ0v) is 15.8. The van der Waals surface area contributed by atoms with E-state index in [1.54, 1.807) is 6.07 Å². The molecule has 0 radical (unpaired) electrons. The van der Waals surface area contributed by atoms with Crippen molar-refractivity contribution in [3.63, 3.8) is 0 Å². The zero-order chi connectivity index (χ0) is 19.4. The summed E-state index contributed by atoms with van der Waals surface area (Å²) in [5, 5.41) is 1.87. The first kappa shape index (κ1) is 19.2. The number of carbonyl (C=O) groups excluding carboxylic acids is 2. The number of likely N-dealkylation sites (N-methyl/N-ethyl adjacent to an activating group) is 1. The minimum atomic E-state index is -3.08. The molecule has 2 aromatic rings. The van der Waals surface area contributed by atoms with Crippen LogP contribution in [0.25, 0.3) is 10.8 Å². The largest absolute Gasteiger partial charge is 0.481 e. The summed E-state index contributed by atoms with van der Waals surface area (Å²) in [5.41, 5.74) is 0. The lowest BCUT2D eigenvalue weighted by atomic mass is 10.1. The Labute approximate surface area is 157 Å². The number of fused-ring (bicyclic) bond motifs is 1. The first-order chi connectivity index (χ1) is 12.9. The molecular weight excluding hydrogens is 370 g/mol. The Morgan fingerprint density at radius 1 is 1.11 bits per heavy atom. The van der Waals surface area contributed by atoms with Crippen LogP contribution in [0.5, 0.6) is 5.75 Å². The fraction of sp³-hybridized carbons (Fsp3) is 0.368. The summed E-state index contributed by atoms with van der Waals surface area (Å²) >= 11 is 0. The van der Waals surface area contributed by atoms with Crippen molar-refractivity contribution in [3.8, 4) is 5.75 Å². The molecule has 0 aliphatic carbocycles. The lowest BCUT2D eigenvalue weighted by Gasteiger charge is -2.23. The quantitative estimate of drug-likeness (QED) is 0.692. The van der Waals surface area contributed by atoms with Crippen LogP contribution in [-0.4, -0.2) is 63.0 Å². The van der Waals surface area contributed by atoms with Crippen LogP contribution in [0.4, 0.5) is 0 Å². The Kier molecular flexibility index (Phi) is 5.65. The average molecular weight is 391 g/mol. The van der Waals surface area contributed by atoms with Crippen LogP contribution >= 0.6 is 0 Å². The number of hydrogen-bond donors (Lipinski definition) is 0. The van der Waals surface area contributed by atoms with Gasteiger partial charge in [0.15, 0.2) is 23.1 Å². The number of ether oxygens (including phenoxy) is 2. The Bertz CT molecular complexity index is 950. The number of nitrogens with zero attached hydrogens (tertiary/aromatic N) is 1. The van der Waals surface area contributed by atoms with E-state index in [9.17, 15) is 18.0 Å². The molecule has 0 bridgehead atoms. The van der Waals surface area contributed by atoms with Gasteiger partial charge in [-0.05, 0) is 17.9 Å². The van der Waals surface area contributed by atoms with Gasteiger partial charge in [-0.3, -0.25) is 4.79 Å². The van der Waals surface area contributed by atoms with E-state index >= 15 is 0 Å². The number of amides is 1. The van der Waals surface area contributed by atoms with Crippen LogP contribution in [0.1, 0.15) is 6.42 Å². The molecule has 1 amide bonds. The topological polar surface area (TPSA) is 90.0 Å². The number of hydrogen-bond acceptors (Lipinski definition) is 6. The predicted molar refractivity (Wildman–Crippen MR) is 100 cm³/mol. The van der Waals surface area contributed by atoms with Crippen molar-refractivity contribution >= 4 is 32.5 Å². The Morgan fingerprint density at radius 3 is 2.59 bits per heavy atom. The second-order valence-corrected chi connectivity index (χ2v) is 8.72. The molecule has 1 fully saturated rings. The monoisotopic (exact) mass is 391 g/mol. The van der Waals surface area contributed by atoms with E-state index in [-0.39, 0.29) is 24.2 Å². The molecule has 8 heteroatoms. The molecular formula is C19H21NO6S. The number of esters is 1. The summed E-state index contributed by atoms with van der Waals surface area (Å²) in [7, 11) is -1.56. The van der Waals surface area contributed by atoms with Crippen molar-refractivity contribution < 1.29 is 27.5 Å². The van der Waals surface area contributed by atoms with E-state index in [2.05, 4.69) is 0 Å². The third-order valence-corrected chi connectivity index (χ3v) is 6.35. The van der Waals surface area contributed by atoms with Gasteiger partial charge in [-0.25, -0.2) is 13.2 Å². The van der Waals surface area contributed by atoms with Gasteiger partial charge in [-0.15, -0.1) is 0 Å². The molecule has 1 saturated heterocycles. The molecule has 144 valence electrons. The highest BCUT2D eigenvalue weighted by molar-refractivity contribution is 7.91. The van der Waals surface area contributed by atoms with E-state index in [4.69, 9.17) is 9.47 Å². The minimum absolute atomic E-state index is 0.0482. The summed E-state index contributed by atoms with van der Waals surface area (Å²) in [4.78, 5) is 25.3. The highest BCUT2D eigenvalue weighted by Crippen LogP contribution is 2.25. The predicted octanol–water partition coefficient (Wildman–Crippen LogP) is 1.41. The SMILES string of the molecule is CN(C(=O)COC(=O)COc1cccc2ccccc12)C1CCS(=O)(=O)C1. The molecule has 27 heavy (non-hydrogen) atoms. The number of benzene rings is 2. The standard InChI is InChI=1S/C19H21NO6S/c1-20(15-9-10-27(23,24)13-15)18(21)11-26-19(22)12-25-17-8-4-6-14-5-2-3-7-16(14)17/h2-8,15H,9-13H2,1H3. The van der Waals surface area contributed by atoms with Crippen molar-refractivity contribution in [1.82, 2.24) is 4.90 Å². The van der Waals surface area contributed by atoms with Gasteiger partial charge < -0.3 is 14.4 Å². The highest BCUT2D eigenvalue weighted by atomic mass is 32.2. The minimum Gasteiger partial charge on any atom is -0.481 e. The maximum atomic E-state index is 12.1. The summed E-state index contributed by atoms with van der Waals surface area (Å²) in [6.07, 6.45) is 0.405. The van der Waals surface area contributed by atoms with Crippen molar-refractivity contribution in [2.75, 3.05) is 31.8 Å². The third-order valence-electron chi connectivity index (χ3n) is 4.60. The normalized spacial score (nSPS) is 18.2. The van der Waals surface area contributed by atoms with Gasteiger partial charge in [-0.1, -0.05) is 36.4 Å². The molecule has 0 N–H and O–H groups in total. The van der Waals surface area contributed by atoms with Gasteiger partial charge in [-0.2, -0.15) is 0 Å². The first-order valence-electron chi connectivity index (χ1n) is 8.58. The Hall–Kier alpha value is -2.61. The lowest BCUT2D eigenvalue weighted by molar-refractivity contribution is -0.153. The summed E-state index contributed by atoms with van der Waals surface area (Å²) in [6, 6.07) is 12.8. The molecule has 1 heterocycles. The van der Waals surface area contributed by atoms with Crippen molar-refractivity contribution in [1.29, 1.82) is 0 Å². The Balaban J connectivity index is 1.49. The summed E-state index contributed by atoms with van der Waals surface area (Å²) in [5.74, 6) is -0.509. The lowest BCUT2D eigenvalue weighted by Crippen LogP contribution is -2.40. The zero-order valence-electron chi connectivity index (χ0n) is 15.0. The van der Waals surface area contributed by atoms with Gasteiger partial charge in [0.1, 0.15) is 5.75 Å². The maximum Gasteiger partial charge on any atom is 0.344 e. The smallest absolute Gasteiger partial charge is 0.344 e. The van der Waals surface area contributed by atoms with Crippen LogP contribution in [0.2, 0.25) is 0 Å². The van der Waals surface area contributed by atoms with Crippen molar-refractivity contribution in [2.45, 2.75) is 12.5 Å². The van der Waals surface area contributed by atoms with E-state index in [1.807, 2.05) is 36.4 Å². The summed E-state index contributed by atoms with van der Waals surface area (Å²) < 4.78 is 33.5. The molecule has 7 nitrogen and oxygen atoms in total. The molecule has 1 atom stereocenters. The van der Waals surface area contributed by atoms with Gasteiger partial charge in [0.05, 0.1) is 11.5 Å². The molecule has 2 aromatic carbocycles. The van der Waals surface area contributed by atoms with E-state index < -0.39 is 28.3 Å². The Morgan fingerprint density at radius 2 is 1.85 bits per heavy atom. The second-order valence-electron chi connectivity index (χ2n) is 6.49. The average Bonchev–Trinajstić information content (AvgIpc) is 3.03. The van der Waals surface area contributed by atoms with Crippen LogP contribution in [-0.2, 0) is 24.2 Å². The van der Waals surface area contributed by atoms with Crippen molar-refractivity contribution in [2.24, 2.45) is 0 Å². The fourth-order valence-electron chi connectivity index (χ4n) is 3.03. The van der Waals surface area contributed by atoms with Gasteiger partial charge >= 0.3 is 5.97 Å². The fourth-order valence-corrected chi connectivity index (χ4v) is 4.80. The van der Waals surface area contributed by atoms with Crippen LogP contribution < -0.4 is 4.74 Å².